The van der Waals surface area contributed by atoms with E-state index in [-0.39, 0.29) is 24.3 Å². The molecule has 1 aliphatic carbocycles. The minimum absolute atomic E-state index is 0.104. The molecule has 0 bridgehead atoms. The van der Waals surface area contributed by atoms with E-state index in [9.17, 15) is 19.5 Å². The first-order valence-corrected chi connectivity index (χ1v) is 10.5. The van der Waals surface area contributed by atoms with E-state index in [1.807, 2.05) is 48.5 Å². The number of anilines is 1. The Morgan fingerprint density at radius 1 is 1.09 bits per heavy atom. The van der Waals surface area contributed by atoms with Crippen LogP contribution in [0.3, 0.4) is 0 Å². The first-order chi connectivity index (χ1) is 16.4. The Morgan fingerprint density at radius 2 is 1.71 bits per heavy atom. The average Bonchev–Trinajstić information content (AvgIpc) is 3.43. The summed E-state index contributed by atoms with van der Waals surface area (Å²) in [4.78, 5) is 39.9. The van der Waals surface area contributed by atoms with Gasteiger partial charge in [-0.25, -0.2) is 9.59 Å². The molecule has 2 amide bonds. The number of ether oxygens (including phenoxy) is 2. The molecule has 11 nitrogen and oxygen atoms in total. The summed E-state index contributed by atoms with van der Waals surface area (Å²) in [6.07, 6.45) is -1.56. The number of amides is 2. The predicted octanol–water partition coefficient (Wildman–Crippen LogP) is 2.38. The Morgan fingerprint density at radius 3 is 2.29 bits per heavy atom. The maximum Gasteiger partial charge on any atom is 0.414 e. The normalized spacial score (nSPS) is 13.9. The van der Waals surface area contributed by atoms with Crippen LogP contribution in [0.25, 0.3) is 11.1 Å². The predicted molar refractivity (Wildman–Crippen MR) is 120 cm³/mol. The zero-order valence-electron chi connectivity index (χ0n) is 18.4. The molecule has 34 heavy (non-hydrogen) atoms. The summed E-state index contributed by atoms with van der Waals surface area (Å²) in [5.41, 5.74) is 4.37. The number of fused-ring (bicyclic) bond motifs is 3. The maximum absolute atomic E-state index is 12.3. The van der Waals surface area contributed by atoms with Crippen LogP contribution in [0.1, 0.15) is 34.6 Å². The van der Waals surface area contributed by atoms with Gasteiger partial charge >= 0.3 is 12.1 Å². The van der Waals surface area contributed by atoms with Crippen LogP contribution < -0.4 is 10.6 Å². The van der Waals surface area contributed by atoms with Gasteiger partial charge in [0, 0.05) is 13.0 Å². The van der Waals surface area contributed by atoms with Gasteiger partial charge in [0.25, 0.3) is 11.9 Å². The fourth-order valence-electron chi connectivity index (χ4n) is 3.87. The lowest BCUT2D eigenvalue weighted by atomic mass is 9.98. The Kier molecular flexibility index (Phi) is 6.55. The lowest BCUT2D eigenvalue weighted by Gasteiger charge is -2.19. The average molecular weight is 465 g/mol. The highest BCUT2D eigenvalue weighted by Gasteiger charge is 2.30. The molecular weight excluding hydrogens is 442 g/mol. The van der Waals surface area contributed by atoms with E-state index in [2.05, 4.69) is 25.8 Å². The van der Waals surface area contributed by atoms with Crippen molar-refractivity contribution in [2.45, 2.75) is 25.0 Å². The molecule has 11 heteroatoms. The van der Waals surface area contributed by atoms with Gasteiger partial charge in [0.2, 0.25) is 5.82 Å². The third kappa shape index (κ3) is 4.59. The second kappa shape index (κ2) is 9.71. The largest absolute Gasteiger partial charge is 0.480 e. The number of rotatable bonds is 8. The van der Waals surface area contributed by atoms with Crippen LogP contribution in [0.5, 0.6) is 0 Å². The minimum atomic E-state index is -1.29. The fraction of sp³-hybridized carbons (Fsp3) is 0.261. The van der Waals surface area contributed by atoms with Crippen molar-refractivity contribution < 1.29 is 29.0 Å². The van der Waals surface area contributed by atoms with Crippen molar-refractivity contribution in [3.8, 4) is 11.1 Å². The monoisotopic (exact) mass is 465 g/mol. The number of aliphatic carboxylic acids is 1. The summed E-state index contributed by atoms with van der Waals surface area (Å²) in [6.45, 7) is 1.61. The number of hydrogen-bond donors (Lipinski definition) is 4. The zero-order valence-corrected chi connectivity index (χ0v) is 18.4. The van der Waals surface area contributed by atoms with Crippen LogP contribution in [0.4, 0.5) is 10.7 Å². The molecule has 0 spiro atoms. The smallest absolute Gasteiger partial charge is 0.414 e. The standard InChI is InChI=1S/C23H23N5O6/c1-12(33-2)18(21(30)31)24-20(29)19-25-22(28-27-19)26-23(32)34-11-17-15-9-5-3-7-13(15)14-8-4-6-10-16(14)17/h3-10,12,17-18H,11H2,1-2H3,(H,24,29)(H,30,31)(H2,25,26,27,28,32). The van der Waals surface area contributed by atoms with Crippen molar-refractivity contribution in [1.82, 2.24) is 20.5 Å². The molecule has 0 saturated carbocycles. The van der Waals surface area contributed by atoms with E-state index < -0.39 is 30.1 Å². The number of H-pyrrole nitrogens is 1. The van der Waals surface area contributed by atoms with Gasteiger partial charge in [0.15, 0.2) is 6.04 Å². The van der Waals surface area contributed by atoms with E-state index in [1.54, 1.807) is 0 Å². The molecule has 1 heterocycles. The number of methoxy groups -OCH3 is 1. The number of aromatic amines is 1. The van der Waals surface area contributed by atoms with Crippen molar-refractivity contribution in [2.75, 3.05) is 19.0 Å². The molecule has 4 N–H and O–H groups in total. The van der Waals surface area contributed by atoms with E-state index in [1.165, 1.54) is 14.0 Å². The van der Waals surface area contributed by atoms with Crippen LogP contribution in [0, 0.1) is 0 Å². The van der Waals surface area contributed by atoms with Crippen molar-refractivity contribution in [1.29, 1.82) is 0 Å². The van der Waals surface area contributed by atoms with E-state index in [0.717, 1.165) is 22.3 Å². The molecule has 0 fully saturated rings. The number of benzene rings is 2. The second-order valence-corrected chi connectivity index (χ2v) is 7.69. The number of carbonyl (C=O) groups is 3. The highest BCUT2D eigenvalue weighted by molar-refractivity contribution is 5.94. The van der Waals surface area contributed by atoms with Gasteiger partial charge in [-0.05, 0) is 29.2 Å². The van der Waals surface area contributed by atoms with E-state index >= 15 is 0 Å². The minimum Gasteiger partial charge on any atom is -0.480 e. The molecule has 2 aromatic carbocycles. The van der Waals surface area contributed by atoms with Crippen LogP contribution in [-0.2, 0) is 14.3 Å². The topological polar surface area (TPSA) is 156 Å². The lowest BCUT2D eigenvalue weighted by Crippen LogP contribution is -2.48. The Hall–Kier alpha value is -4.25. The Balaban J connectivity index is 1.37. The van der Waals surface area contributed by atoms with Crippen LogP contribution in [0.15, 0.2) is 48.5 Å². The van der Waals surface area contributed by atoms with Gasteiger partial charge in [-0.1, -0.05) is 48.5 Å². The van der Waals surface area contributed by atoms with Gasteiger partial charge in [0.1, 0.15) is 6.61 Å². The zero-order chi connectivity index (χ0) is 24.2. The molecule has 1 aliphatic rings. The number of carboxylic acid groups (broad SMARTS) is 1. The first kappa shape index (κ1) is 22.9. The number of nitrogens with one attached hydrogen (secondary N) is 3. The lowest BCUT2D eigenvalue weighted by molar-refractivity contribution is -0.142. The molecule has 4 rings (SSSR count). The number of hydrogen-bond acceptors (Lipinski definition) is 7. The van der Waals surface area contributed by atoms with Crippen LogP contribution in [-0.4, -0.2) is 64.1 Å². The van der Waals surface area contributed by atoms with Crippen molar-refractivity contribution in [2.24, 2.45) is 0 Å². The number of aromatic nitrogens is 3. The third-order valence-corrected chi connectivity index (χ3v) is 5.65. The molecule has 1 aromatic heterocycles. The summed E-state index contributed by atoms with van der Waals surface area (Å²) in [5, 5.41) is 20.0. The van der Waals surface area contributed by atoms with Gasteiger partial charge in [-0.2, -0.15) is 4.98 Å². The SMILES string of the molecule is COC(C)C(NC(=O)c1nc(NC(=O)OCC2c3ccccc3-c3ccccc32)n[nH]1)C(=O)O. The molecular formula is C23H23N5O6. The molecule has 2 unspecified atom stereocenters. The molecule has 0 saturated heterocycles. The number of carbonyl (C=O) groups excluding carboxylic acids is 2. The first-order valence-electron chi connectivity index (χ1n) is 10.5. The molecule has 3 aromatic rings. The van der Waals surface area contributed by atoms with Gasteiger partial charge in [0.05, 0.1) is 6.10 Å². The van der Waals surface area contributed by atoms with Gasteiger partial charge in [-0.15, -0.1) is 5.10 Å². The number of carboxylic acids is 1. The second-order valence-electron chi connectivity index (χ2n) is 7.69. The quantitative estimate of drug-likeness (QED) is 0.395. The van der Waals surface area contributed by atoms with Crippen molar-refractivity contribution in [3.63, 3.8) is 0 Å². The summed E-state index contributed by atoms with van der Waals surface area (Å²) in [5.74, 6) is -2.65. The van der Waals surface area contributed by atoms with Gasteiger partial charge < -0.3 is 19.9 Å². The van der Waals surface area contributed by atoms with Crippen molar-refractivity contribution >= 4 is 23.9 Å². The van der Waals surface area contributed by atoms with E-state index in [4.69, 9.17) is 9.47 Å². The third-order valence-electron chi connectivity index (χ3n) is 5.65. The Bertz CT molecular complexity index is 1180. The highest BCUT2D eigenvalue weighted by atomic mass is 16.5. The highest BCUT2D eigenvalue weighted by Crippen LogP contribution is 2.44. The Labute approximate surface area is 194 Å². The number of nitrogens with zero attached hydrogens (tertiary/aromatic N) is 2. The van der Waals surface area contributed by atoms with Crippen LogP contribution >= 0.6 is 0 Å². The molecule has 2 atom stereocenters. The van der Waals surface area contributed by atoms with E-state index in [0.29, 0.717) is 0 Å². The molecule has 176 valence electrons. The summed E-state index contributed by atoms with van der Waals surface area (Å²) < 4.78 is 10.4. The molecule has 0 radical (unpaired) electrons. The fourth-order valence-corrected chi connectivity index (χ4v) is 3.87. The van der Waals surface area contributed by atoms with Crippen molar-refractivity contribution in [3.05, 3.63) is 65.5 Å². The summed E-state index contributed by atoms with van der Waals surface area (Å²) in [6, 6.07) is 14.6. The maximum atomic E-state index is 12.3. The van der Waals surface area contributed by atoms with Crippen LogP contribution in [0.2, 0.25) is 0 Å². The summed E-state index contributed by atoms with van der Waals surface area (Å²) in [7, 11) is 1.33. The van der Waals surface area contributed by atoms with Gasteiger partial charge in [-0.3, -0.25) is 15.2 Å². The summed E-state index contributed by atoms with van der Waals surface area (Å²) >= 11 is 0. The molecule has 0 aliphatic heterocycles.